The van der Waals surface area contributed by atoms with Crippen molar-refractivity contribution in [2.75, 3.05) is 41.7 Å². The van der Waals surface area contributed by atoms with Gasteiger partial charge in [0.05, 0.1) is 0 Å². The van der Waals surface area contributed by atoms with Gasteiger partial charge in [0.15, 0.2) is 0 Å². The first-order valence-corrected chi connectivity index (χ1v) is 19.8. The van der Waals surface area contributed by atoms with E-state index in [1.54, 1.807) is 8.88 Å². The number of hydrogen-bond acceptors (Lipinski definition) is 12. The summed E-state index contributed by atoms with van der Waals surface area (Å²) >= 11 is 0. The van der Waals surface area contributed by atoms with Crippen LogP contribution in [-0.2, 0) is 48.1 Å². The molecule has 14 heteroatoms. The summed E-state index contributed by atoms with van der Waals surface area (Å²) in [5.41, 5.74) is -8.40. The van der Waals surface area contributed by atoms with Gasteiger partial charge in [-0.1, -0.05) is 0 Å². The average molecular weight is 705 g/mol. The van der Waals surface area contributed by atoms with Gasteiger partial charge in [0.1, 0.15) is 0 Å². The molecular weight excluding hydrogens is 654 g/mol. The zero-order chi connectivity index (χ0) is 35.8. The van der Waals surface area contributed by atoms with Gasteiger partial charge in [-0.3, -0.25) is 0 Å². The van der Waals surface area contributed by atoms with Crippen molar-refractivity contribution in [3.63, 3.8) is 0 Å². The van der Waals surface area contributed by atoms with Gasteiger partial charge in [0.25, 0.3) is 0 Å². The molecule has 4 atom stereocenters. The fourth-order valence-electron chi connectivity index (χ4n) is 8.20. The minimum atomic E-state index is -5.30. The van der Waals surface area contributed by atoms with Crippen molar-refractivity contribution in [2.24, 2.45) is 10.8 Å². The van der Waals surface area contributed by atoms with Crippen LogP contribution in [0.3, 0.4) is 0 Å². The molecule has 3 aliphatic heterocycles. The van der Waals surface area contributed by atoms with Crippen LogP contribution in [0, 0.1) is 33.5 Å². The summed E-state index contributed by atoms with van der Waals surface area (Å²) in [4.78, 5) is 0. The number of ether oxygens (including phenoxy) is 2. The molecule has 48 heavy (non-hydrogen) atoms. The molecule has 4 unspecified atom stereocenters. The Labute approximate surface area is 285 Å². The molecule has 3 fully saturated rings. The summed E-state index contributed by atoms with van der Waals surface area (Å²) < 4.78 is 59.2. The van der Waals surface area contributed by atoms with Gasteiger partial charge in [-0.2, -0.15) is 0 Å². The Morgan fingerprint density at radius 3 is 1.10 bits per heavy atom. The third-order valence-corrected chi connectivity index (χ3v) is 21.0. The van der Waals surface area contributed by atoms with Crippen LogP contribution >= 0.6 is 15.2 Å². The topological polar surface area (TPSA) is 128 Å². The Bertz CT molecular complexity index is 1500. The molecule has 0 spiro atoms. The molecule has 5 rings (SSSR count). The van der Waals surface area contributed by atoms with Gasteiger partial charge >= 0.3 is 286 Å². The minimum absolute atomic E-state index is 0.117. The summed E-state index contributed by atoms with van der Waals surface area (Å²) in [5.74, 6) is 0. The van der Waals surface area contributed by atoms with Gasteiger partial charge in [-0.05, 0) is 0 Å². The summed E-state index contributed by atoms with van der Waals surface area (Å²) in [5, 5.41) is 23.2. The van der Waals surface area contributed by atoms with Crippen molar-refractivity contribution < 1.29 is 36.6 Å². The Kier molecular flexibility index (Phi) is 8.66. The van der Waals surface area contributed by atoms with Crippen molar-refractivity contribution in [1.29, 1.82) is 10.5 Å². The zero-order valence-corrected chi connectivity index (χ0v) is 31.9. The summed E-state index contributed by atoms with van der Waals surface area (Å²) in [6.45, 7) is 15.3. The molecule has 0 bridgehead atoms. The molecule has 2 aromatic carbocycles. The molecule has 2 aromatic rings. The van der Waals surface area contributed by atoms with Crippen molar-refractivity contribution in [3.05, 3.63) is 71.8 Å². The number of hydrogen-bond donors (Lipinski definition) is 0. The molecule has 12 nitrogen and oxygen atoms in total. The van der Waals surface area contributed by atoms with Crippen LogP contribution in [0.15, 0.2) is 60.7 Å². The Morgan fingerprint density at radius 1 is 0.604 bits per heavy atom. The van der Waals surface area contributed by atoms with Gasteiger partial charge < -0.3 is 0 Å². The van der Waals surface area contributed by atoms with E-state index in [4.69, 9.17) is 36.6 Å². The Morgan fingerprint density at radius 2 is 0.896 bits per heavy atom. The van der Waals surface area contributed by atoms with Crippen molar-refractivity contribution in [1.82, 2.24) is 8.88 Å². The number of fused-ring (bicyclic) bond motifs is 4. The summed E-state index contributed by atoms with van der Waals surface area (Å²) in [6.07, 6.45) is 0. The quantitative estimate of drug-likeness (QED) is 0.223. The molecule has 3 saturated heterocycles. The first-order chi connectivity index (χ1) is 22.5. The molecule has 3 heterocycles. The fraction of sp³-hybridized carbons (Fsp3) is 0.588. The maximum absolute atomic E-state index is 11.6. The van der Waals surface area contributed by atoms with Crippen LogP contribution in [0.2, 0.25) is 0 Å². The van der Waals surface area contributed by atoms with E-state index < -0.39 is 48.7 Å². The third-order valence-electron chi connectivity index (χ3n) is 10.1. The summed E-state index contributed by atoms with van der Waals surface area (Å²) in [6, 6.07) is 23.7. The van der Waals surface area contributed by atoms with Crippen LogP contribution in [0.1, 0.15) is 66.5 Å². The molecule has 0 aliphatic carbocycles. The van der Waals surface area contributed by atoms with Gasteiger partial charge in [-0.15, -0.1) is 0 Å². The van der Waals surface area contributed by atoms with E-state index in [0.717, 1.165) is 0 Å². The van der Waals surface area contributed by atoms with Crippen molar-refractivity contribution in [3.8, 4) is 12.1 Å². The van der Waals surface area contributed by atoms with E-state index in [1.165, 1.54) is 28.4 Å². The van der Waals surface area contributed by atoms with Crippen LogP contribution in [0.25, 0.3) is 0 Å². The second-order valence-corrected chi connectivity index (χ2v) is 21.3. The monoisotopic (exact) mass is 704 g/mol. The van der Waals surface area contributed by atoms with E-state index >= 15 is 0 Å². The van der Waals surface area contributed by atoms with Crippen LogP contribution < -0.4 is 0 Å². The molecule has 0 saturated carbocycles. The second kappa shape index (κ2) is 11.2. The van der Waals surface area contributed by atoms with E-state index in [-0.39, 0.29) is 13.2 Å². The first kappa shape index (κ1) is 37.1. The Hall–Kier alpha value is -2.12. The molecule has 0 radical (unpaired) electrons. The number of nitrogens with zero attached hydrogens (tertiary/aromatic N) is 4. The second-order valence-electron chi connectivity index (χ2n) is 14.1. The average Bonchev–Trinajstić information content (AvgIpc) is 3.43. The van der Waals surface area contributed by atoms with Crippen LogP contribution in [0.4, 0.5) is 0 Å². The third kappa shape index (κ3) is 3.59. The molecule has 0 aromatic heterocycles. The SMILES string of the molecule is CCOC1(c2ccccc2)N2P(OC)(OC)(OC1(C#N)C(C)(C)C)N1C(OCC)(c3ccccc3)C(C#N)(C(C)(C)C)OP21(OC)OC. The number of nitriles is 2. The fourth-order valence-corrected chi connectivity index (χ4v) is 22.3. The maximum atomic E-state index is 11.6. The predicted octanol–water partition coefficient (Wildman–Crippen LogP) is 7.90. The molecular formula is C34H50N4O8P2. The number of rotatable bonds is 10. The van der Waals surface area contributed by atoms with E-state index in [0.29, 0.717) is 11.1 Å². The predicted molar refractivity (Wildman–Crippen MR) is 183 cm³/mol. The zero-order valence-electron chi connectivity index (χ0n) is 30.1. The van der Waals surface area contributed by atoms with E-state index in [2.05, 4.69) is 12.1 Å². The summed E-state index contributed by atoms with van der Waals surface area (Å²) in [7, 11) is -4.80. The molecule has 0 amide bonds. The van der Waals surface area contributed by atoms with Gasteiger partial charge in [0.2, 0.25) is 0 Å². The van der Waals surface area contributed by atoms with E-state index in [9.17, 15) is 10.5 Å². The molecule has 0 N–H and O–H groups in total. The van der Waals surface area contributed by atoms with Crippen LogP contribution in [-0.4, -0.2) is 61.7 Å². The van der Waals surface area contributed by atoms with Crippen molar-refractivity contribution >= 4 is 15.2 Å². The Balaban J connectivity index is 2.16. The van der Waals surface area contributed by atoms with Gasteiger partial charge in [0, 0.05) is 0 Å². The van der Waals surface area contributed by atoms with E-state index in [1.807, 2.05) is 116 Å². The van der Waals surface area contributed by atoms with Crippen molar-refractivity contribution in [2.45, 2.75) is 78.0 Å². The standard InChI is InChI=1S/C34H50N4O8P2/c1-13-43-33(27-21-17-15-18-22-27)31(25-35,29(3,4)5)45-47(39-9,40-10)37(33)48(41-11,42-12)38(47)34(44-14-2,28-23-19-16-20-24-28)32(26-36,46-48)30(6,7)8/h15-24H,13-14H2,1-12H3. The van der Waals surface area contributed by atoms with Gasteiger partial charge in [-0.25, -0.2) is 0 Å². The first-order valence-electron chi connectivity index (χ1n) is 16.1. The normalized spacial score (nSPS) is 35.0. The number of benzene rings is 2. The van der Waals surface area contributed by atoms with Crippen LogP contribution in [0.5, 0.6) is 0 Å². The molecule has 264 valence electrons. The molecule has 3 aliphatic rings.